The van der Waals surface area contributed by atoms with Gasteiger partial charge in [-0.25, -0.2) is 0 Å². The zero-order chi connectivity index (χ0) is 9.26. The molecule has 65 valence electrons. The summed E-state index contributed by atoms with van der Waals surface area (Å²) in [4.78, 5) is 0. The van der Waals surface area contributed by atoms with Gasteiger partial charge in [-0.05, 0) is 29.8 Å². The van der Waals surface area contributed by atoms with Crippen molar-refractivity contribution in [3.63, 3.8) is 0 Å². The van der Waals surface area contributed by atoms with Crippen LogP contribution in [0.25, 0.3) is 11.1 Å². The van der Waals surface area contributed by atoms with Crippen LogP contribution in [0.15, 0.2) is 34.9 Å². The third-order valence-electron chi connectivity index (χ3n) is 1.66. The largest absolute Gasteiger partial charge is 0.460 e. The Kier molecular flexibility index (Phi) is 2.30. The average Bonchev–Trinajstić information content (AvgIpc) is 2.53. The molecule has 0 bridgehead atoms. The lowest BCUT2D eigenvalue weighted by atomic mass is 10.1. The van der Waals surface area contributed by atoms with Crippen molar-refractivity contribution >= 4 is 23.2 Å². The molecule has 1 radical (unpaired) electrons. The maximum Gasteiger partial charge on any atom is 0.169 e. The summed E-state index contributed by atoms with van der Waals surface area (Å²) in [7, 11) is 0. The maximum absolute atomic E-state index is 5.84. The van der Waals surface area contributed by atoms with Gasteiger partial charge in [0.25, 0.3) is 0 Å². The minimum absolute atomic E-state index is 0.615. The van der Waals surface area contributed by atoms with Crippen LogP contribution in [0, 0.1) is 6.26 Å². The van der Waals surface area contributed by atoms with E-state index in [0.717, 1.165) is 11.1 Å². The van der Waals surface area contributed by atoms with Crippen LogP contribution >= 0.6 is 23.2 Å². The lowest BCUT2D eigenvalue weighted by Gasteiger charge is -1.98. The minimum Gasteiger partial charge on any atom is -0.460 e. The van der Waals surface area contributed by atoms with E-state index in [4.69, 9.17) is 27.6 Å². The molecule has 0 aliphatic carbocycles. The highest BCUT2D eigenvalue weighted by atomic mass is 35.5. The van der Waals surface area contributed by atoms with Crippen molar-refractivity contribution in [1.82, 2.24) is 0 Å². The molecule has 0 N–H and O–H groups in total. The van der Waals surface area contributed by atoms with E-state index in [-0.39, 0.29) is 0 Å². The summed E-state index contributed by atoms with van der Waals surface area (Å²) in [6.07, 6.45) is 4.21. The van der Waals surface area contributed by atoms with Crippen molar-refractivity contribution < 1.29 is 4.42 Å². The third-order valence-corrected chi connectivity index (χ3v) is 2.10. The molecule has 1 heterocycles. The molecule has 0 fully saturated rings. The Morgan fingerprint density at radius 1 is 1.00 bits per heavy atom. The van der Waals surface area contributed by atoms with Crippen molar-refractivity contribution in [2.45, 2.75) is 0 Å². The van der Waals surface area contributed by atoms with Gasteiger partial charge < -0.3 is 4.42 Å². The molecule has 1 aromatic carbocycles. The lowest BCUT2D eigenvalue weighted by molar-refractivity contribution is 0.559. The minimum atomic E-state index is 0.615. The van der Waals surface area contributed by atoms with E-state index < -0.39 is 0 Å². The first-order valence-corrected chi connectivity index (χ1v) is 4.42. The van der Waals surface area contributed by atoms with Crippen molar-refractivity contribution in [1.29, 1.82) is 0 Å². The highest BCUT2D eigenvalue weighted by Crippen LogP contribution is 2.26. The number of hydrogen-bond acceptors (Lipinski definition) is 1. The first-order chi connectivity index (χ1) is 6.25. The third kappa shape index (κ3) is 1.87. The summed E-state index contributed by atoms with van der Waals surface area (Å²) in [5.74, 6) is 0. The first-order valence-electron chi connectivity index (χ1n) is 3.67. The van der Waals surface area contributed by atoms with Crippen LogP contribution in [0.2, 0.25) is 10.0 Å². The van der Waals surface area contributed by atoms with E-state index >= 15 is 0 Å². The van der Waals surface area contributed by atoms with Gasteiger partial charge in [0.05, 0.1) is 6.26 Å². The lowest BCUT2D eigenvalue weighted by Crippen LogP contribution is -1.74. The van der Waals surface area contributed by atoms with Crippen LogP contribution in [-0.2, 0) is 0 Å². The fraction of sp³-hybridized carbons (Fsp3) is 0. The van der Waals surface area contributed by atoms with Crippen molar-refractivity contribution in [3.05, 3.63) is 46.8 Å². The first kappa shape index (κ1) is 8.67. The van der Waals surface area contributed by atoms with Crippen molar-refractivity contribution in [2.75, 3.05) is 0 Å². The number of benzene rings is 1. The van der Waals surface area contributed by atoms with Gasteiger partial charge in [0.1, 0.15) is 0 Å². The summed E-state index contributed by atoms with van der Waals surface area (Å²) in [6.45, 7) is 0. The molecule has 0 saturated carbocycles. The molecule has 1 aromatic heterocycles. The molecule has 0 amide bonds. The van der Waals surface area contributed by atoms with Gasteiger partial charge in [0.2, 0.25) is 0 Å². The van der Waals surface area contributed by atoms with Crippen molar-refractivity contribution in [2.24, 2.45) is 0 Å². The molecule has 0 saturated heterocycles. The molecule has 3 heteroatoms. The Labute approximate surface area is 85.9 Å². The van der Waals surface area contributed by atoms with E-state index in [1.807, 2.05) is 12.1 Å². The molecule has 1 nitrogen and oxygen atoms in total. The Bertz CT molecular complexity index is 387. The van der Waals surface area contributed by atoms with E-state index in [1.54, 1.807) is 18.4 Å². The Morgan fingerprint density at radius 3 is 2.23 bits per heavy atom. The predicted molar refractivity (Wildman–Crippen MR) is 53.0 cm³/mol. The molecule has 2 aromatic rings. The predicted octanol–water partition coefficient (Wildman–Crippen LogP) is 4.05. The van der Waals surface area contributed by atoms with E-state index in [2.05, 4.69) is 6.26 Å². The Balaban J connectivity index is 2.53. The monoisotopic (exact) mass is 211 g/mol. The van der Waals surface area contributed by atoms with Crippen LogP contribution in [-0.4, -0.2) is 0 Å². The van der Waals surface area contributed by atoms with Gasteiger partial charge in [0, 0.05) is 15.6 Å². The van der Waals surface area contributed by atoms with Gasteiger partial charge in [-0.15, -0.1) is 0 Å². The number of furan rings is 1. The second-order valence-corrected chi connectivity index (χ2v) is 3.48. The molecule has 0 aliphatic heterocycles. The summed E-state index contributed by atoms with van der Waals surface area (Å²) in [5.41, 5.74) is 1.85. The average molecular weight is 212 g/mol. The van der Waals surface area contributed by atoms with Gasteiger partial charge in [0.15, 0.2) is 6.26 Å². The van der Waals surface area contributed by atoms with Crippen LogP contribution in [0.1, 0.15) is 0 Å². The topological polar surface area (TPSA) is 13.1 Å². The molecule has 13 heavy (non-hydrogen) atoms. The molecular weight excluding hydrogens is 207 g/mol. The summed E-state index contributed by atoms with van der Waals surface area (Å²) < 4.78 is 4.84. The number of halogens is 2. The quantitative estimate of drug-likeness (QED) is 0.694. The van der Waals surface area contributed by atoms with Crippen LogP contribution in [0.5, 0.6) is 0 Å². The molecule has 0 unspecified atom stereocenters. The fourth-order valence-electron chi connectivity index (χ4n) is 1.10. The van der Waals surface area contributed by atoms with Crippen LogP contribution in [0.4, 0.5) is 0 Å². The summed E-state index contributed by atoms with van der Waals surface area (Å²) in [6, 6.07) is 7.08. The molecule has 0 spiro atoms. The van der Waals surface area contributed by atoms with Gasteiger partial charge in [-0.3, -0.25) is 0 Å². The van der Waals surface area contributed by atoms with E-state index in [1.165, 1.54) is 0 Å². The number of rotatable bonds is 1. The highest BCUT2D eigenvalue weighted by Gasteiger charge is 2.01. The van der Waals surface area contributed by atoms with E-state index in [9.17, 15) is 0 Å². The Hall–Kier alpha value is -0.920. The standard InChI is InChI=1S/C10H5Cl2O/c11-9-3-8(4-10(12)5-9)7-1-2-13-6-7/h1,3-6H. The zero-order valence-electron chi connectivity index (χ0n) is 6.55. The second kappa shape index (κ2) is 3.44. The molecule has 0 aliphatic rings. The van der Waals surface area contributed by atoms with Crippen molar-refractivity contribution in [3.8, 4) is 11.1 Å². The normalized spacial score (nSPS) is 10.3. The van der Waals surface area contributed by atoms with Gasteiger partial charge >= 0.3 is 0 Å². The summed E-state index contributed by atoms with van der Waals surface area (Å²) >= 11 is 11.7. The maximum atomic E-state index is 5.84. The molecular formula is C10H5Cl2O. The van der Waals surface area contributed by atoms with Gasteiger partial charge in [-0.1, -0.05) is 23.2 Å². The van der Waals surface area contributed by atoms with E-state index in [0.29, 0.717) is 10.0 Å². The Morgan fingerprint density at radius 2 is 1.69 bits per heavy atom. The van der Waals surface area contributed by atoms with Crippen LogP contribution < -0.4 is 0 Å². The zero-order valence-corrected chi connectivity index (χ0v) is 8.06. The fourth-order valence-corrected chi connectivity index (χ4v) is 1.63. The smallest absolute Gasteiger partial charge is 0.169 e. The summed E-state index contributed by atoms with van der Waals surface area (Å²) in [5, 5.41) is 1.23. The SMILES string of the molecule is Clc1cc(Cl)cc(-c2c[c]oc2)c1. The van der Waals surface area contributed by atoms with Crippen LogP contribution in [0.3, 0.4) is 0 Å². The molecule has 0 atom stereocenters. The highest BCUT2D eigenvalue weighted by molar-refractivity contribution is 6.35. The number of hydrogen-bond donors (Lipinski definition) is 0. The second-order valence-electron chi connectivity index (χ2n) is 2.61. The van der Waals surface area contributed by atoms with Gasteiger partial charge in [-0.2, -0.15) is 0 Å². The molecule has 2 rings (SSSR count).